The molecule has 19 nitrogen and oxygen atoms in total. The Balaban J connectivity index is 0.878. The molecule has 6 aromatic rings. The quantitative estimate of drug-likeness (QED) is 0.0245. The van der Waals surface area contributed by atoms with Gasteiger partial charge in [-0.3, -0.25) is 29.0 Å². The number of pyridine rings is 1. The van der Waals surface area contributed by atoms with E-state index in [1.54, 1.807) is 35.9 Å². The molecule has 7 N–H and O–H groups in total. The molecule has 3 aromatic carbocycles. The number of aliphatic hydroxyl groups excluding tert-OH is 1. The molecule has 4 atom stereocenters. The Morgan fingerprint density at radius 1 is 0.974 bits per heavy atom. The number of thiazole rings is 1. The van der Waals surface area contributed by atoms with Gasteiger partial charge in [0.25, 0.3) is 5.91 Å². The van der Waals surface area contributed by atoms with Crippen molar-refractivity contribution in [2.75, 3.05) is 28.9 Å². The second kappa shape index (κ2) is 25.1. The molecule has 0 radical (unpaired) electrons. The maximum atomic E-state index is 14.1. The number of sulfonamides is 1. The summed E-state index contributed by atoms with van der Waals surface area (Å²) in [7, 11) is -3.73. The number of unbranched alkanes of at least 4 members (excludes halogenated alkanes) is 1. The molecule has 0 aliphatic carbocycles. The topological polar surface area (TPSA) is 278 Å². The van der Waals surface area contributed by atoms with Gasteiger partial charge >= 0.3 is 5.97 Å². The number of aliphatic hydroxyl groups is 1. The van der Waals surface area contributed by atoms with Crippen LogP contribution in [0.15, 0.2) is 90.6 Å². The zero-order chi connectivity index (χ0) is 55.6. The highest BCUT2D eigenvalue weighted by Crippen LogP contribution is 2.38. The fourth-order valence-electron chi connectivity index (χ4n) is 8.88. The highest BCUT2D eigenvalue weighted by Gasteiger charge is 2.44. The van der Waals surface area contributed by atoms with Gasteiger partial charge in [-0.15, -0.1) is 11.3 Å². The van der Waals surface area contributed by atoms with Crippen LogP contribution >= 0.6 is 11.3 Å². The van der Waals surface area contributed by atoms with Gasteiger partial charge in [0, 0.05) is 50.0 Å². The van der Waals surface area contributed by atoms with Crippen molar-refractivity contribution in [2.45, 2.75) is 105 Å². The summed E-state index contributed by atoms with van der Waals surface area (Å²) in [6.07, 6.45) is 1.36. The number of nitrogens with zero attached hydrogens (tertiary/aromatic N) is 4. The van der Waals surface area contributed by atoms with Crippen LogP contribution in [0.3, 0.4) is 0 Å². The molecule has 1 aliphatic rings. The van der Waals surface area contributed by atoms with Crippen LogP contribution in [0, 0.1) is 24.1 Å². The number of aromatic amines is 1. The van der Waals surface area contributed by atoms with Crippen molar-refractivity contribution >= 4 is 68.2 Å². The molecule has 1 aliphatic heterocycles. The molecule has 22 heteroatoms. The number of H-pyrrole nitrogens is 1. The van der Waals surface area contributed by atoms with Crippen LogP contribution in [-0.4, -0.2) is 99.1 Å². The van der Waals surface area contributed by atoms with E-state index in [2.05, 4.69) is 35.5 Å². The number of benzene rings is 3. The average molecular weight is 1090 g/mol. The third-order valence-electron chi connectivity index (χ3n) is 13.2. The molecule has 7 rings (SSSR count). The third-order valence-corrected chi connectivity index (χ3v) is 15.5. The Morgan fingerprint density at radius 2 is 1.70 bits per heavy atom. The number of esters is 1. The summed E-state index contributed by atoms with van der Waals surface area (Å²) < 4.78 is 52.9. The minimum atomic E-state index is -3.73. The van der Waals surface area contributed by atoms with Crippen molar-refractivity contribution in [2.24, 2.45) is 17.1 Å². The molecular weight excluding hydrogens is 1030 g/mol. The molecule has 0 unspecified atom stereocenters. The Labute approximate surface area is 450 Å². The van der Waals surface area contributed by atoms with E-state index in [4.69, 9.17) is 15.2 Å². The van der Waals surface area contributed by atoms with E-state index in [0.717, 1.165) is 21.7 Å². The Bertz CT molecular complexity index is 3180. The molecule has 4 heterocycles. The molecule has 0 saturated carbocycles. The van der Waals surface area contributed by atoms with Crippen molar-refractivity contribution < 1.29 is 51.4 Å². The van der Waals surface area contributed by atoms with Crippen molar-refractivity contribution in [3.05, 3.63) is 124 Å². The maximum Gasteiger partial charge on any atom is 0.339 e. The number of Topliss-reactive ketones (excluding diaryl/α,β-unsaturated/α-hetero) is 1. The van der Waals surface area contributed by atoms with Gasteiger partial charge in [-0.2, -0.15) is 5.10 Å². The Hall–Kier alpha value is -7.56. The number of aryl methyl sites for hydroxylation is 1. The number of carbonyl (C=O) groups excluding carboxylic acids is 5. The van der Waals surface area contributed by atoms with Crippen LogP contribution in [0.4, 0.5) is 21.7 Å². The van der Waals surface area contributed by atoms with Gasteiger partial charge in [-0.25, -0.2) is 27.6 Å². The second-order valence-electron chi connectivity index (χ2n) is 19.9. The fourth-order valence-corrected chi connectivity index (χ4v) is 10.3. The number of nitrogens with one attached hydrogen (secondary N) is 4. The molecule has 77 heavy (non-hydrogen) atoms. The molecule has 1 saturated heterocycles. The minimum Gasteiger partial charge on any atom is -0.484 e. The van der Waals surface area contributed by atoms with Crippen LogP contribution in [-0.2, 0) is 35.7 Å². The number of hydrogen-bond acceptors (Lipinski definition) is 15. The Morgan fingerprint density at radius 3 is 2.35 bits per heavy atom. The summed E-state index contributed by atoms with van der Waals surface area (Å²) in [5.74, 6) is -2.99. The summed E-state index contributed by atoms with van der Waals surface area (Å²) in [5, 5.41) is 23.6. The van der Waals surface area contributed by atoms with E-state index < -0.39 is 57.3 Å². The maximum absolute atomic E-state index is 14.1. The normalized spacial score (nSPS) is 15.4. The van der Waals surface area contributed by atoms with Crippen molar-refractivity contribution in [3.63, 3.8) is 0 Å². The molecule has 0 bridgehead atoms. The summed E-state index contributed by atoms with van der Waals surface area (Å²) in [6.45, 7) is 11.2. The van der Waals surface area contributed by atoms with Crippen LogP contribution in [0.5, 0.6) is 5.75 Å². The zero-order valence-corrected chi connectivity index (χ0v) is 45.4. The first-order valence-electron chi connectivity index (χ1n) is 25.2. The van der Waals surface area contributed by atoms with E-state index in [9.17, 15) is 41.9 Å². The van der Waals surface area contributed by atoms with Gasteiger partial charge in [-0.1, -0.05) is 63.2 Å². The predicted octanol–water partition coefficient (Wildman–Crippen LogP) is 8.40. The monoisotopic (exact) mass is 1090 g/mol. The lowest BCUT2D eigenvalue weighted by atomic mass is 9.76. The van der Waals surface area contributed by atoms with Gasteiger partial charge in [0.2, 0.25) is 21.8 Å². The number of anilines is 3. The fraction of sp³-hybridized carbons (Fsp3) is 0.382. The van der Waals surface area contributed by atoms with Crippen molar-refractivity contribution in [1.29, 1.82) is 0 Å². The standard InChI is InChI=1S/C55H64FN9O10S2/c1-7-77(72,73)64-43-23-17-37(26-45(43)75-33(3)35-15-19-39(56)20-16-35)48-47(50(57)68)51(63-62-48)61-46-24-18-38(29-58-46)54(71)74-25-9-8-10-40(66)21-22-42(55(4,5)6)53(70)65-30-41(67)27-44(65)52(69)59-28-34-11-13-36(14-12-34)49-32(2)60-31-76-49/h11-20,23-24,26,29,31,33,41-42,44,64,67H,7-10,21-22,25,27-28,30H2,1-6H3,(H2,57,68)(H,59,69)(H2,58,61,62,63)/t33-,41+,42+,44-/m0/s1. The lowest BCUT2D eigenvalue weighted by Crippen LogP contribution is -2.49. The van der Waals surface area contributed by atoms with Crippen LogP contribution < -0.4 is 25.8 Å². The Kier molecular flexibility index (Phi) is 18.6. The largest absolute Gasteiger partial charge is 0.484 e. The molecular formula is C55H64FN9O10S2. The summed E-state index contributed by atoms with van der Waals surface area (Å²) in [5.41, 5.74) is 11.3. The number of carbonyl (C=O) groups is 5. The lowest BCUT2D eigenvalue weighted by molar-refractivity contribution is -0.145. The SMILES string of the molecule is CCS(=O)(=O)Nc1ccc(-c2n[nH]c(Nc3ccc(C(=O)OCCCCC(=O)CC[C@H](C(=O)N4C[C@H](O)C[C@H]4C(=O)NCc4ccc(-c5scnc5C)cc4)C(C)(C)C)cn3)c2C(N)=O)cc1O[C@@H](C)c1ccc(F)cc1. The summed E-state index contributed by atoms with van der Waals surface area (Å²) in [4.78, 5) is 77.7. The van der Waals surface area contributed by atoms with E-state index >= 15 is 0 Å². The molecule has 1 fully saturated rings. The van der Waals surface area contributed by atoms with Gasteiger partial charge in [0.1, 0.15) is 52.4 Å². The smallest absolute Gasteiger partial charge is 0.339 e. The number of aromatic nitrogens is 4. The van der Waals surface area contributed by atoms with Crippen molar-refractivity contribution in [3.8, 4) is 27.4 Å². The number of halogens is 1. The van der Waals surface area contributed by atoms with E-state index in [1.807, 2.05) is 52.0 Å². The summed E-state index contributed by atoms with van der Waals surface area (Å²) >= 11 is 1.56. The predicted molar refractivity (Wildman–Crippen MR) is 290 cm³/mol. The highest BCUT2D eigenvalue weighted by atomic mass is 32.2. The lowest BCUT2D eigenvalue weighted by Gasteiger charge is -2.35. The third kappa shape index (κ3) is 14.9. The number of rotatable bonds is 24. The number of primary amides is 1. The molecule has 0 spiro atoms. The number of nitrogens with two attached hydrogens (primary N) is 1. The number of likely N-dealkylation sites (tertiary alicyclic amines) is 1. The number of ketones is 1. The van der Waals surface area contributed by atoms with E-state index in [1.165, 1.54) is 60.5 Å². The highest BCUT2D eigenvalue weighted by molar-refractivity contribution is 7.92. The average Bonchev–Trinajstić information content (AvgIpc) is 4.15. The number of hydrogen-bond donors (Lipinski definition) is 6. The first-order valence-corrected chi connectivity index (χ1v) is 27.8. The number of ether oxygens (including phenoxy) is 2. The first kappa shape index (κ1) is 57.2. The van der Waals surface area contributed by atoms with Gasteiger partial charge in [-0.05, 0) is 98.5 Å². The second-order valence-corrected chi connectivity index (χ2v) is 22.8. The van der Waals surface area contributed by atoms with E-state index in [-0.39, 0.29) is 109 Å². The van der Waals surface area contributed by atoms with Crippen LogP contribution in [0.25, 0.3) is 21.7 Å². The van der Waals surface area contributed by atoms with E-state index in [0.29, 0.717) is 24.0 Å². The first-order chi connectivity index (χ1) is 36.6. The van der Waals surface area contributed by atoms with Crippen LogP contribution in [0.1, 0.15) is 117 Å². The number of amides is 3. The number of β-amino-alcohol motifs (C(OH)–C–C–N with tert-alkyl or cyclic N) is 1. The zero-order valence-electron chi connectivity index (χ0n) is 43.7. The molecule has 3 amide bonds. The van der Waals surface area contributed by atoms with Gasteiger partial charge < -0.3 is 35.8 Å². The van der Waals surface area contributed by atoms with Crippen molar-refractivity contribution in [1.82, 2.24) is 30.4 Å². The van der Waals surface area contributed by atoms with Gasteiger partial charge in [0.15, 0.2) is 0 Å². The molecule has 408 valence electrons. The summed E-state index contributed by atoms with van der Waals surface area (Å²) in [6, 6.07) is 20.1. The molecule has 3 aromatic heterocycles. The van der Waals surface area contributed by atoms with Gasteiger partial charge in [0.05, 0.1) is 45.8 Å². The minimum absolute atomic E-state index is 0.0232. The van der Waals surface area contributed by atoms with Crippen LogP contribution in [0.2, 0.25) is 0 Å².